The first-order valence-electron chi connectivity index (χ1n) is 6.36. The summed E-state index contributed by atoms with van der Waals surface area (Å²) in [6, 6.07) is 11.3. The Kier molecular flexibility index (Phi) is 4.25. The van der Waals surface area contributed by atoms with Crippen molar-refractivity contribution in [2.45, 2.75) is 13.3 Å². The molecule has 0 radical (unpaired) electrons. The molecule has 4 nitrogen and oxygen atoms in total. The smallest absolute Gasteiger partial charge is 0.269 e. The van der Waals surface area contributed by atoms with E-state index in [2.05, 4.69) is 10.3 Å². The highest BCUT2D eigenvalue weighted by atomic mass is 16.1. The predicted octanol–water partition coefficient (Wildman–Crippen LogP) is 2.15. The zero-order valence-corrected chi connectivity index (χ0v) is 11.5. The number of nitrogens with one attached hydrogen (secondary N) is 1. The van der Waals surface area contributed by atoms with Gasteiger partial charge in [-0.3, -0.25) is 9.59 Å². The molecule has 0 spiro atoms. The first kappa shape index (κ1) is 13.9. The van der Waals surface area contributed by atoms with Gasteiger partial charge in [0.05, 0.1) is 0 Å². The number of aromatic nitrogens is 1. The summed E-state index contributed by atoms with van der Waals surface area (Å²) in [5.41, 5.74) is 3.71. The van der Waals surface area contributed by atoms with Crippen molar-refractivity contribution in [1.82, 2.24) is 10.3 Å². The molecular formula is C16H16N2O2. The van der Waals surface area contributed by atoms with Gasteiger partial charge in [0.2, 0.25) is 0 Å². The largest absolute Gasteiger partial charge is 0.354 e. The Balaban J connectivity index is 2.33. The Morgan fingerprint density at radius 3 is 2.55 bits per heavy atom. The zero-order valence-electron chi connectivity index (χ0n) is 11.5. The monoisotopic (exact) mass is 268 g/mol. The highest BCUT2D eigenvalue weighted by molar-refractivity contribution is 5.93. The number of benzene rings is 1. The molecule has 1 heterocycles. The summed E-state index contributed by atoms with van der Waals surface area (Å²) < 4.78 is 0. The van der Waals surface area contributed by atoms with E-state index in [4.69, 9.17) is 0 Å². The van der Waals surface area contributed by atoms with Crippen molar-refractivity contribution in [3.8, 4) is 0 Å². The van der Waals surface area contributed by atoms with Gasteiger partial charge in [0.25, 0.3) is 5.91 Å². The van der Waals surface area contributed by atoms with E-state index in [1.165, 1.54) is 18.7 Å². The minimum absolute atomic E-state index is 0.263. The van der Waals surface area contributed by atoms with E-state index in [9.17, 15) is 9.59 Å². The lowest BCUT2D eigenvalue weighted by atomic mass is 10.1. The van der Waals surface area contributed by atoms with E-state index in [1.54, 1.807) is 6.07 Å². The second-order valence-electron chi connectivity index (χ2n) is 4.64. The number of rotatable bonds is 4. The van der Waals surface area contributed by atoms with Crippen molar-refractivity contribution >= 4 is 12.2 Å². The molecule has 0 atom stereocenters. The van der Waals surface area contributed by atoms with E-state index in [1.807, 2.05) is 31.2 Å². The van der Waals surface area contributed by atoms with Crippen LogP contribution in [0.1, 0.15) is 37.7 Å². The highest BCUT2D eigenvalue weighted by Crippen LogP contribution is 2.11. The van der Waals surface area contributed by atoms with Gasteiger partial charge in [0, 0.05) is 24.7 Å². The minimum Gasteiger partial charge on any atom is -0.354 e. The van der Waals surface area contributed by atoms with Crippen molar-refractivity contribution in [3.05, 3.63) is 64.5 Å². The standard InChI is InChI=1S/C16H16N2O2/c1-11-3-5-12(6-4-11)7-14-8-13(10-19)9-15(18-14)16(20)17-2/h3-6,8-10H,7H2,1-2H3,(H,17,20). The third-order valence-electron chi connectivity index (χ3n) is 3.00. The fraction of sp³-hybridized carbons (Fsp3) is 0.188. The maximum absolute atomic E-state index is 11.6. The molecule has 0 aliphatic rings. The molecule has 2 rings (SSSR count). The molecule has 0 aliphatic carbocycles. The van der Waals surface area contributed by atoms with Gasteiger partial charge in [0.15, 0.2) is 0 Å². The van der Waals surface area contributed by atoms with Crippen molar-refractivity contribution in [2.24, 2.45) is 0 Å². The Morgan fingerprint density at radius 1 is 1.25 bits per heavy atom. The molecule has 0 saturated carbocycles. The number of nitrogens with zero attached hydrogens (tertiary/aromatic N) is 1. The van der Waals surface area contributed by atoms with Crippen LogP contribution in [0.2, 0.25) is 0 Å². The lowest BCUT2D eigenvalue weighted by Crippen LogP contribution is -2.20. The Bertz CT molecular complexity index is 633. The summed E-state index contributed by atoms with van der Waals surface area (Å²) in [5.74, 6) is -0.293. The third-order valence-corrected chi connectivity index (χ3v) is 3.00. The van der Waals surface area contributed by atoms with Crippen molar-refractivity contribution in [2.75, 3.05) is 7.05 Å². The molecule has 1 N–H and O–H groups in total. The van der Waals surface area contributed by atoms with Gasteiger partial charge in [-0.05, 0) is 24.6 Å². The SMILES string of the molecule is CNC(=O)c1cc(C=O)cc(Cc2ccc(C)cc2)n1. The van der Waals surface area contributed by atoms with Crippen LogP contribution in [0, 0.1) is 6.92 Å². The summed E-state index contributed by atoms with van der Waals surface area (Å²) in [7, 11) is 1.54. The highest BCUT2D eigenvalue weighted by Gasteiger charge is 2.09. The molecule has 1 aromatic heterocycles. The van der Waals surface area contributed by atoms with Crippen LogP contribution in [0.5, 0.6) is 0 Å². The molecule has 0 fully saturated rings. The normalized spacial score (nSPS) is 10.1. The summed E-state index contributed by atoms with van der Waals surface area (Å²) in [4.78, 5) is 26.9. The molecule has 0 saturated heterocycles. The average molecular weight is 268 g/mol. The molecule has 102 valence electrons. The van der Waals surface area contributed by atoms with E-state index in [-0.39, 0.29) is 11.6 Å². The van der Waals surface area contributed by atoms with Crippen LogP contribution in [0.3, 0.4) is 0 Å². The molecule has 4 heteroatoms. The molecule has 1 aromatic carbocycles. The van der Waals surface area contributed by atoms with Crippen LogP contribution in [0.25, 0.3) is 0 Å². The first-order chi connectivity index (χ1) is 9.62. The van der Waals surface area contributed by atoms with Gasteiger partial charge in [-0.1, -0.05) is 29.8 Å². The van der Waals surface area contributed by atoms with E-state index in [0.29, 0.717) is 17.7 Å². The Hall–Kier alpha value is -2.49. The molecule has 1 amide bonds. The second-order valence-corrected chi connectivity index (χ2v) is 4.64. The fourth-order valence-corrected chi connectivity index (χ4v) is 1.93. The van der Waals surface area contributed by atoms with E-state index in [0.717, 1.165) is 11.8 Å². The van der Waals surface area contributed by atoms with Crippen molar-refractivity contribution in [1.29, 1.82) is 0 Å². The van der Waals surface area contributed by atoms with Gasteiger partial charge < -0.3 is 5.32 Å². The quantitative estimate of drug-likeness (QED) is 0.864. The van der Waals surface area contributed by atoms with Crippen LogP contribution in [0.4, 0.5) is 0 Å². The van der Waals surface area contributed by atoms with Crippen LogP contribution in [0.15, 0.2) is 36.4 Å². The predicted molar refractivity (Wildman–Crippen MR) is 77.0 cm³/mol. The summed E-state index contributed by atoms with van der Waals surface area (Å²) >= 11 is 0. The summed E-state index contributed by atoms with van der Waals surface area (Å²) in [6.07, 6.45) is 1.32. The third kappa shape index (κ3) is 3.29. The number of amides is 1. The molecule has 20 heavy (non-hydrogen) atoms. The number of pyridine rings is 1. The second kappa shape index (κ2) is 6.10. The first-order valence-corrected chi connectivity index (χ1v) is 6.36. The van der Waals surface area contributed by atoms with Gasteiger partial charge in [0.1, 0.15) is 12.0 Å². The van der Waals surface area contributed by atoms with Gasteiger partial charge in [-0.25, -0.2) is 4.98 Å². The lowest BCUT2D eigenvalue weighted by molar-refractivity contribution is 0.0958. The van der Waals surface area contributed by atoms with Crippen LogP contribution < -0.4 is 5.32 Å². The lowest BCUT2D eigenvalue weighted by Gasteiger charge is -2.06. The van der Waals surface area contributed by atoms with Gasteiger partial charge in [-0.2, -0.15) is 0 Å². The van der Waals surface area contributed by atoms with Crippen LogP contribution >= 0.6 is 0 Å². The fourth-order valence-electron chi connectivity index (χ4n) is 1.93. The summed E-state index contributed by atoms with van der Waals surface area (Å²) in [6.45, 7) is 2.03. The topological polar surface area (TPSA) is 59.1 Å². The molecule has 0 unspecified atom stereocenters. The number of carbonyl (C=O) groups excluding carboxylic acids is 2. The van der Waals surface area contributed by atoms with E-state index >= 15 is 0 Å². The number of hydrogen-bond donors (Lipinski definition) is 1. The maximum atomic E-state index is 11.6. The van der Waals surface area contributed by atoms with Crippen LogP contribution in [-0.4, -0.2) is 24.2 Å². The molecule has 0 bridgehead atoms. The summed E-state index contributed by atoms with van der Waals surface area (Å²) in [5, 5.41) is 2.51. The number of hydrogen-bond acceptors (Lipinski definition) is 3. The Labute approximate surface area is 117 Å². The van der Waals surface area contributed by atoms with Crippen molar-refractivity contribution < 1.29 is 9.59 Å². The van der Waals surface area contributed by atoms with E-state index < -0.39 is 0 Å². The van der Waals surface area contributed by atoms with Crippen LogP contribution in [-0.2, 0) is 6.42 Å². The average Bonchev–Trinajstić information content (AvgIpc) is 2.48. The molecule has 2 aromatic rings. The number of aldehydes is 1. The zero-order chi connectivity index (χ0) is 14.5. The van der Waals surface area contributed by atoms with Gasteiger partial charge in [-0.15, -0.1) is 0 Å². The van der Waals surface area contributed by atoms with Gasteiger partial charge >= 0.3 is 0 Å². The minimum atomic E-state index is -0.293. The maximum Gasteiger partial charge on any atom is 0.269 e. The Morgan fingerprint density at radius 2 is 1.95 bits per heavy atom. The number of carbonyl (C=O) groups is 2. The molecule has 0 aliphatic heterocycles. The number of aryl methyl sites for hydroxylation is 1. The molecular weight excluding hydrogens is 252 g/mol. The van der Waals surface area contributed by atoms with Crippen molar-refractivity contribution in [3.63, 3.8) is 0 Å².